The lowest BCUT2D eigenvalue weighted by atomic mass is 10.1. The molecule has 0 atom stereocenters. The average Bonchev–Trinajstić information content (AvgIpc) is 3.17. The van der Waals surface area contributed by atoms with E-state index in [1.54, 1.807) is 53.4 Å². The van der Waals surface area contributed by atoms with E-state index in [1.807, 2.05) is 24.3 Å². The third-order valence-corrected chi connectivity index (χ3v) is 5.02. The number of hydrogen-bond acceptors (Lipinski definition) is 3. The first-order chi connectivity index (χ1) is 14.1. The lowest BCUT2D eigenvalue weighted by molar-refractivity contribution is -0.117. The molecule has 146 valence electrons. The normalized spacial score (nSPS) is 13.4. The number of nitrogens with one attached hydrogen (secondary N) is 1. The molecule has 3 aromatic carbocycles. The summed E-state index contributed by atoms with van der Waals surface area (Å²) in [7, 11) is 0. The fraction of sp³-hybridized carbons (Fsp3) is 0.130. The molecule has 0 radical (unpaired) electrons. The molecule has 5 nitrogen and oxygen atoms in total. The van der Waals surface area contributed by atoms with E-state index in [0.717, 1.165) is 18.7 Å². The highest BCUT2D eigenvalue weighted by Crippen LogP contribution is 2.33. The van der Waals surface area contributed by atoms with Crippen LogP contribution in [0.5, 0.6) is 11.5 Å². The van der Waals surface area contributed by atoms with Gasteiger partial charge in [0.15, 0.2) is 5.75 Å². The van der Waals surface area contributed by atoms with Gasteiger partial charge in [-0.25, -0.2) is 0 Å². The van der Waals surface area contributed by atoms with Crippen molar-refractivity contribution < 1.29 is 14.3 Å². The summed E-state index contributed by atoms with van der Waals surface area (Å²) in [6, 6.07) is 21.3. The molecule has 4 rings (SSSR count). The van der Waals surface area contributed by atoms with E-state index in [1.165, 1.54) is 0 Å². The van der Waals surface area contributed by atoms with E-state index in [0.29, 0.717) is 34.2 Å². The van der Waals surface area contributed by atoms with Crippen molar-refractivity contribution in [1.82, 2.24) is 0 Å². The minimum atomic E-state index is -0.264. The molecular formula is C23H19ClN2O3. The van der Waals surface area contributed by atoms with Crippen molar-refractivity contribution >= 4 is 34.8 Å². The molecular weight excluding hydrogens is 388 g/mol. The summed E-state index contributed by atoms with van der Waals surface area (Å²) < 4.78 is 5.88. The minimum absolute atomic E-state index is 0.118. The molecule has 1 aliphatic heterocycles. The Kier molecular flexibility index (Phi) is 5.49. The van der Waals surface area contributed by atoms with Gasteiger partial charge in [0, 0.05) is 24.2 Å². The SMILES string of the molecule is O=C(Nc1ccccc1Oc1ccccc1Cl)c1ccc(N2CCCC2=O)cc1. The lowest BCUT2D eigenvalue weighted by Crippen LogP contribution is -2.23. The molecule has 6 heteroatoms. The minimum Gasteiger partial charge on any atom is -0.454 e. The summed E-state index contributed by atoms with van der Waals surface area (Å²) >= 11 is 6.17. The summed E-state index contributed by atoms with van der Waals surface area (Å²) in [6.07, 6.45) is 1.44. The van der Waals surface area contributed by atoms with E-state index in [4.69, 9.17) is 16.3 Å². The van der Waals surface area contributed by atoms with Gasteiger partial charge in [-0.1, -0.05) is 35.9 Å². The fourth-order valence-electron chi connectivity index (χ4n) is 3.21. The Morgan fingerprint density at radius 3 is 2.31 bits per heavy atom. The molecule has 2 amide bonds. The fourth-order valence-corrected chi connectivity index (χ4v) is 3.39. The topological polar surface area (TPSA) is 58.6 Å². The second kappa shape index (κ2) is 8.37. The number of anilines is 2. The molecule has 3 aromatic rings. The van der Waals surface area contributed by atoms with Crippen LogP contribution in [-0.4, -0.2) is 18.4 Å². The molecule has 0 saturated carbocycles. The second-order valence-electron chi connectivity index (χ2n) is 6.68. The Morgan fingerprint density at radius 2 is 1.62 bits per heavy atom. The van der Waals surface area contributed by atoms with E-state index in [-0.39, 0.29) is 11.8 Å². The number of ether oxygens (including phenoxy) is 1. The van der Waals surface area contributed by atoms with Gasteiger partial charge in [0.25, 0.3) is 5.91 Å². The number of halogens is 1. The smallest absolute Gasteiger partial charge is 0.255 e. The van der Waals surface area contributed by atoms with Gasteiger partial charge in [-0.3, -0.25) is 9.59 Å². The maximum Gasteiger partial charge on any atom is 0.255 e. The number of rotatable bonds is 5. The molecule has 1 saturated heterocycles. The molecule has 0 unspecified atom stereocenters. The van der Waals surface area contributed by atoms with Crippen molar-refractivity contribution in [3.05, 3.63) is 83.4 Å². The van der Waals surface area contributed by atoms with Crippen LogP contribution in [-0.2, 0) is 4.79 Å². The van der Waals surface area contributed by atoms with Crippen LogP contribution >= 0.6 is 11.6 Å². The highest BCUT2D eigenvalue weighted by atomic mass is 35.5. The van der Waals surface area contributed by atoms with Crippen molar-refractivity contribution in [2.75, 3.05) is 16.8 Å². The Hall–Kier alpha value is -3.31. The highest BCUT2D eigenvalue weighted by Gasteiger charge is 2.21. The van der Waals surface area contributed by atoms with Gasteiger partial charge < -0.3 is 15.0 Å². The lowest BCUT2D eigenvalue weighted by Gasteiger charge is -2.16. The zero-order valence-corrected chi connectivity index (χ0v) is 16.4. The number of carbonyl (C=O) groups excluding carboxylic acids is 2. The van der Waals surface area contributed by atoms with E-state index >= 15 is 0 Å². The van der Waals surface area contributed by atoms with E-state index in [2.05, 4.69) is 5.32 Å². The molecule has 0 spiro atoms. The first-order valence-corrected chi connectivity index (χ1v) is 9.73. The summed E-state index contributed by atoms with van der Waals surface area (Å²) in [5, 5.41) is 3.36. The number of para-hydroxylation sites is 3. The largest absolute Gasteiger partial charge is 0.454 e. The molecule has 1 fully saturated rings. The van der Waals surface area contributed by atoms with Crippen LogP contribution in [0.4, 0.5) is 11.4 Å². The van der Waals surface area contributed by atoms with E-state index in [9.17, 15) is 9.59 Å². The van der Waals surface area contributed by atoms with Crippen LogP contribution in [0, 0.1) is 0 Å². The van der Waals surface area contributed by atoms with Crippen LogP contribution in [0.2, 0.25) is 5.02 Å². The Bertz CT molecular complexity index is 1050. The van der Waals surface area contributed by atoms with Crippen LogP contribution < -0.4 is 15.0 Å². The monoisotopic (exact) mass is 406 g/mol. The third-order valence-electron chi connectivity index (χ3n) is 4.71. The predicted octanol–water partition coefficient (Wildman–Crippen LogP) is 5.51. The summed E-state index contributed by atoms with van der Waals surface area (Å²) in [4.78, 5) is 26.3. The predicted molar refractivity (Wildman–Crippen MR) is 114 cm³/mol. The molecule has 1 heterocycles. The van der Waals surface area contributed by atoms with Gasteiger partial charge in [0.1, 0.15) is 5.75 Å². The summed E-state index contributed by atoms with van der Waals surface area (Å²) in [6.45, 7) is 0.719. The van der Waals surface area contributed by atoms with Gasteiger partial charge in [-0.2, -0.15) is 0 Å². The van der Waals surface area contributed by atoms with Gasteiger partial charge in [0.05, 0.1) is 10.7 Å². The van der Waals surface area contributed by atoms with Gasteiger partial charge in [-0.15, -0.1) is 0 Å². The summed E-state index contributed by atoms with van der Waals surface area (Å²) in [5.41, 5.74) is 1.84. The number of amides is 2. The maximum absolute atomic E-state index is 12.7. The molecule has 1 N–H and O–H groups in total. The van der Waals surface area contributed by atoms with Crippen LogP contribution in [0.1, 0.15) is 23.2 Å². The second-order valence-corrected chi connectivity index (χ2v) is 7.09. The third kappa shape index (κ3) is 4.25. The molecule has 0 aliphatic carbocycles. The zero-order valence-electron chi connectivity index (χ0n) is 15.6. The maximum atomic E-state index is 12.7. The molecule has 29 heavy (non-hydrogen) atoms. The van der Waals surface area contributed by atoms with Crippen molar-refractivity contribution in [3.63, 3.8) is 0 Å². The Balaban J connectivity index is 1.50. The van der Waals surface area contributed by atoms with Crippen LogP contribution in [0.25, 0.3) is 0 Å². The van der Waals surface area contributed by atoms with Gasteiger partial charge >= 0.3 is 0 Å². The first kappa shape index (κ1) is 19.0. The van der Waals surface area contributed by atoms with Crippen LogP contribution in [0.15, 0.2) is 72.8 Å². The Morgan fingerprint density at radius 1 is 0.931 bits per heavy atom. The average molecular weight is 407 g/mol. The zero-order chi connectivity index (χ0) is 20.2. The van der Waals surface area contributed by atoms with E-state index < -0.39 is 0 Å². The highest BCUT2D eigenvalue weighted by molar-refractivity contribution is 6.32. The van der Waals surface area contributed by atoms with Crippen molar-refractivity contribution in [2.45, 2.75) is 12.8 Å². The van der Waals surface area contributed by atoms with Crippen molar-refractivity contribution in [2.24, 2.45) is 0 Å². The number of nitrogens with zero attached hydrogens (tertiary/aromatic N) is 1. The van der Waals surface area contributed by atoms with Crippen LogP contribution in [0.3, 0.4) is 0 Å². The number of carbonyl (C=O) groups is 2. The number of benzene rings is 3. The van der Waals surface area contributed by atoms with Gasteiger partial charge in [-0.05, 0) is 55.0 Å². The quantitative estimate of drug-likeness (QED) is 0.607. The van der Waals surface area contributed by atoms with Gasteiger partial charge in [0.2, 0.25) is 5.91 Å². The van der Waals surface area contributed by atoms with Crippen molar-refractivity contribution in [3.8, 4) is 11.5 Å². The Labute approximate surface area is 173 Å². The molecule has 1 aliphatic rings. The standard InChI is InChI=1S/C23H19ClN2O3/c24-18-6-1-3-8-20(18)29-21-9-4-2-7-19(21)25-23(28)16-11-13-17(14-12-16)26-15-5-10-22(26)27/h1-4,6-9,11-14H,5,10,15H2,(H,25,28). The summed E-state index contributed by atoms with van der Waals surface area (Å²) in [5.74, 6) is 0.857. The molecule has 0 aromatic heterocycles. The van der Waals surface area contributed by atoms with Crippen molar-refractivity contribution in [1.29, 1.82) is 0 Å². The number of hydrogen-bond donors (Lipinski definition) is 1. The first-order valence-electron chi connectivity index (χ1n) is 9.35. The molecule has 0 bridgehead atoms.